The molecule has 0 heterocycles. The molecule has 0 amide bonds. The van der Waals surface area contributed by atoms with Gasteiger partial charge >= 0.3 is 0 Å². The largest absolute Gasteiger partial charge is 0.396 e. The summed E-state index contributed by atoms with van der Waals surface area (Å²) in [6.07, 6.45) is 5.90. The zero-order valence-corrected chi connectivity index (χ0v) is 8.05. The molecule has 0 aromatic heterocycles. The van der Waals surface area contributed by atoms with Gasteiger partial charge in [-0.25, -0.2) is 0 Å². The lowest BCUT2D eigenvalue weighted by Gasteiger charge is -2.38. The molecule has 0 aliphatic heterocycles. The summed E-state index contributed by atoms with van der Waals surface area (Å²) in [5, 5.41) is 8.93. The molecule has 0 aromatic rings. The molecule has 1 aliphatic rings. The van der Waals surface area contributed by atoms with Gasteiger partial charge in [-0.15, -0.1) is 0 Å². The second-order valence-corrected chi connectivity index (χ2v) is 4.36. The maximum Gasteiger partial charge on any atom is 0.0436 e. The van der Waals surface area contributed by atoms with Crippen LogP contribution in [0.2, 0.25) is 0 Å². The highest BCUT2D eigenvalue weighted by Gasteiger charge is 2.31. The van der Waals surface area contributed by atoms with Crippen LogP contribution in [0.3, 0.4) is 0 Å². The van der Waals surface area contributed by atoms with E-state index in [0.29, 0.717) is 6.61 Å². The highest BCUT2D eigenvalue weighted by molar-refractivity contribution is 4.85. The smallest absolute Gasteiger partial charge is 0.0436 e. The van der Waals surface area contributed by atoms with Crippen LogP contribution in [0.25, 0.3) is 0 Å². The third-order valence-electron chi connectivity index (χ3n) is 3.41. The van der Waals surface area contributed by atoms with E-state index in [1.165, 1.54) is 25.7 Å². The monoisotopic (exact) mass is 171 g/mol. The zero-order valence-electron chi connectivity index (χ0n) is 8.05. The van der Waals surface area contributed by atoms with E-state index in [2.05, 4.69) is 6.92 Å². The van der Waals surface area contributed by atoms with Crippen molar-refractivity contribution in [3.8, 4) is 0 Å². The number of aliphatic hydroxyl groups excluding tert-OH is 1. The molecule has 12 heavy (non-hydrogen) atoms. The highest BCUT2D eigenvalue weighted by Crippen LogP contribution is 2.40. The number of aliphatic hydroxyl groups is 1. The first-order valence-electron chi connectivity index (χ1n) is 5.03. The third-order valence-corrected chi connectivity index (χ3v) is 3.41. The zero-order chi connectivity index (χ0) is 9.03. The van der Waals surface area contributed by atoms with Crippen molar-refractivity contribution in [3.63, 3.8) is 0 Å². The van der Waals surface area contributed by atoms with E-state index in [9.17, 15) is 0 Å². The number of hydrogen-bond donors (Lipinski definition) is 2. The van der Waals surface area contributed by atoms with Gasteiger partial charge in [-0.1, -0.05) is 19.8 Å². The highest BCUT2D eigenvalue weighted by atomic mass is 16.3. The molecule has 0 radical (unpaired) electrons. The van der Waals surface area contributed by atoms with Gasteiger partial charge in [0.2, 0.25) is 0 Å². The molecule has 1 saturated carbocycles. The molecule has 3 N–H and O–H groups in total. The van der Waals surface area contributed by atoms with E-state index in [0.717, 1.165) is 18.9 Å². The third kappa shape index (κ3) is 2.20. The van der Waals surface area contributed by atoms with E-state index in [-0.39, 0.29) is 5.41 Å². The minimum Gasteiger partial charge on any atom is -0.396 e. The molecule has 0 bridgehead atoms. The first-order valence-corrected chi connectivity index (χ1v) is 5.03. The van der Waals surface area contributed by atoms with E-state index in [4.69, 9.17) is 10.8 Å². The summed E-state index contributed by atoms with van der Waals surface area (Å²) >= 11 is 0. The van der Waals surface area contributed by atoms with Gasteiger partial charge in [0, 0.05) is 6.61 Å². The van der Waals surface area contributed by atoms with Crippen molar-refractivity contribution in [2.24, 2.45) is 17.1 Å². The Morgan fingerprint density at radius 3 is 2.42 bits per heavy atom. The van der Waals surface area contributed by atoms with Crippen LogP contribution >= 0.6 is 0 Å². The normalized spacial score (nSPS) is 36.8. The maximum absolute atomic E-state index is 8.93. The van der Waals surface area contributed by atoms with Crippen LogP contribution in [0, 0.1) is 11.3 Å². The van der Waals surface area contributed by atoms with Gasteiger partial charge < -0.3 is 10.8 Å². The molecular weight excluding hydrogens is 150 g/mol. The Morgan fingerprint density at radius 1 is 1.42 bits per heavy atom. The van der Waals surface area contributed by atoms with Crippen molar-refractivity contribution in [2.45, 2.75) is 39.0 Å². The van der Waals surface area contributed by atoms with E-state index in [1.807, 2.05) is 0 Å². The summed E-state index contributed by atoms with van der Waals surface area (Å²) < 4.78 is 0. The molecule has 2 nitrogen and oxygen atoms in total. The molecule has 0 atom stereocenters. The summed E-state index contributed by atoms with van der Waals surface area (Å²) in [6.45, 7) is 3.35. The minimum absolute atomic E-state index is 0.279. The van der Waals surface area contributed by atoms with Gasteiger partial charge in [-0.3, -0.25) is 0 Å². The summed E-state index contributed by atoms with van der Waals surface area (Å²) in [5.41, 5.74) is 6.04. The van der Waals surface area contributed by atoms with Crippen LogP contribution < -0.4 is 5.73 Å². The van der Waals surface area contributed by atoms with E-state index in [1.54, 1.807) is 0 Å². The van der Waals surface area contributed by atoms with Crippen molar-refractivity contribution >= 4 is 0 Å². The fourth-order valence-corrected chi connectivity index (χ4v) is 2.17. The molecule has 72 valence electrons. The Morgan fingerprint density at radius 2 is 2.00 bits per heavy atom. The average Bonchev–Trinajstić information content (AvgIpc) is 2.10. The molecule has 1 aliphatic carbocycles. The van der Waals surface area contributed by atoms with Crippen LogP contribution in [0.5, 0.6) is 0 Å². The van der Waals surface area contributed by atoms with E-state index >= 15 is 0 Å². The van der Waals surface area contributed by atoms with Crippen LogP contribution in [-0.4, -0.2) is 18.3 Å². The second-order valence-electron chi connectivity index (χ2n) is 4.36. The van der Waals surface area contributed by atoms with Crippen LogP contribution in [-0.2, 0) is 0 Å². The molecule has 0 aromatic carbocycles. The van der Waals surface area contributed by atoms with Gasteiger partial charge in [-0.05, 0) is 37.1 Å². The lowest BCUT2D eigenvalue weighted by molar-refractivity contribution is 0.117. The molecular formula is C10H21NO. The van der Waals surface area contributed by atoms with Gasteiger partial charge in [0.15, 0.2) is 0 Å². The van der Waals surface area contributed by atoms with Gasteiger partial charge in [0.1, 0.15) is 0 Å². The summed E-state index contributed by atoms with van der Waals surface area (Å²) in [4.78, 5) is 0. The fraction of sp³-hybridized carbons (Fsp3) is 1.00. The summed E-state index contributed by atoms with van der Waals surface area (Å²) in [7, 11) is 0. The van der Waals surface area contributed by atoms with Crippen LogP contribution in [0.1, 0.15) is 39.0 Å². The fourth-order valence-electron chi connectivity index (χ4n) is 2.17. The topological polar surface area (TPSA) is 46.2 Å². The molecule has 0 spiro atoms. The lowest BCUT2D eigenvalue weighted by atomic mass is 9.69. The molecule has 1 fully saturated rings. The lowest BCUT2D eigenvalue weighted by Crippen LogP contribution is -2.35. The predicted molar refractivity (Wildman–Crippen MR) is 50.8 cm³/mol. The van der Waals surface area contributed by atoms with Crippen molar-refractivity contribution in [2.75, 3.05) is 13.2 Å². The summed E-state index contributed by atoms with van der Waals surface area (Å²) in [6, 6.07) is 0. The molecule has 0 unspecified atom stereocenters. The average molecular weight is 171 g/mol. The van der Waals surface area contributed by atoms with Crippen LogP contribution in [0.4, 0.5) is 0 Å². The van der Waals surface area contributed by atoms with Crippen molar-refractivity contribution in [1.82, 2.24) is 0 Å². The van der Waals surface area contributed by atoms with Gasteiger partial charge in [0.25, 0.3) is 0 Å². The Balaban J connectivity index is 2.45. The van der Waals surface area contributed by atoms with Crippen LogP contribution in [0.15, 0.2) is 0 Å². The van der Waals surface area contributed by atoms with Crippen molar-refractivity contribution in [3.05, 3.63) is 0 Å². The second kappa shape index (κ2) is 4.24. The first-order chi connectivity index (χ1) is 5.72. The Hall–Kier alpha value is -0.0800. The Kier molecular flexibility index (Phi) is 3.53. The molecule has 1 rings (SSSR count). The molecule has 2 heteroatoms. The quantitative estimate of drug-likeness (QED) is 0.676. The Bertz CT molecular complexity index is 128. The number of nitrogens with two attached hydrogens (primary N) is 1. The SMILES string of the molecule is CC1CCC(CN)(CCO)CC1. The predicted octanol–water partition coefficient (Wildman–Crippen LogP) is 1.52. The minimum atomic E-state index is 0.279. The van der Waals surface area contributed by atoms with E-state index < -0.39 is 0 Å². The number of rotatable bonds is 3. The summed E-state index contributed by atoms with van der Waals surface area (Å²) in [5.74, 6) is 0.864. The Labute approximate surface area is 75.2 Å². The maximum atomic E-state index is 8.93. The van der Waals surface area contributed by atoms with Crippen molar-refractivity contribution in [1.29, 1.82) is 0 Å². The van der Waals surface area contributed by atoms with Gasteiger partial charge in [0.05, 0.1) is 0 Å². The first kappa shape index (κ1) is 10.0. The van der Waals surface area contributed by atoms with Gasteiger partial charge in [-0.2, -0.15) is 0 Å². The van der Waals surface area contributed by atoms with Crippen molar-refractivity contribution < 1.29 is 5.11 Å². The standard InChI is InChI=1S/C10H21NO/c1-9-2-4-10(8-11,5-3-9)6-7-12/h9,12H,2-8,11H2,1H3. The number of hydrogen-bond acceptors (Lipinski definition) is 2. The molecule has 0 saturated heterocycles.